The zero-order chi connectivity index (χ0) is 19.2. The summed E-state index contributed by atoms with van der Waals surface area (Å²) in [6.45, 7) is 0.245. The lowest BCUT2D eigenvalue weighted by molar-refractivity contribution is -0.386. The van der Waals surface area contributed by atoms with Gasteiger partial charge in [-0.15, -0.1) is 12.3 Å². The van der Waals surface area contributed by atoms with E-state index in [0.29, 0.717) is 34.3 Å². The van der Waals surface area contributed by atoms with Crippen LogP contribution >= 0.6 is 22.6 Å². The third-order valence-corrected chi connectivity index (χ3v) is 5.43. The number of ether oxygens (including phenoxy) is 4. The third-order valence-electron chi connectivity index (χ3n) is 4.26. The van der Waals surface area contributed by atoms with Crippen LogP contribution in [-0.2, 0) is 9.47 Å². The number of halogens is 1. The number of nitro benzene ring substituents is 1. The lowest BCUT2D eigenvalue weighted by atomic mass is 10.1. The smallest absolute Gasteiger partial charge is 0.279 e. The van der Waals surface area contributed by atoms with E-state index in [1.807, 2.05) is 0 Å². The van der Waals surface area contributed by atoms with Gasteiger partial charge in [0.1, 0.15) is 6.10 Å². The summed E-state index contributed by atoms with van der Waals surface area (Å²) >= 11 is 2.21. The number of hydrogen-bond acceptors (Lipinski definition) is 6. The second-order valence-corrected chi connectivity index (χ2v) is 6.66. The van der Waals surface area contributed by atoms with Crippen LogP contribution in [0.15, 0.2) is 12.1 Å². The Labute approximate surface area is 166 Å². The molecule has 142 valence electrons. The number of terminal acetylenes is 1. The number of benzene rings is 1. The molecule has 0 N–H and O–H groups in total. The molecule has 1 aliphatic heterocycles. The minimum absolute atomic E-state index is 0.0761. The van der Waals surface area contributed by atoms with E-state index in [1.165, 1.54) is 20.3 Å². The lowest BCUT2D eigenvalue weighted by Gasteiger charge is -2.26. The average Bonchev–Trinajstić information content (AvgIpc) is 3.08. The van der Waals surface area contributed by atoms with Gasteiger partial charge < -0.3 is 18.9 Å². The summed E-state index contributed by atoms with van der Waals surface area (Å²) in [5.74, 6) is 2.58. The van der Waals surface area contributed by atoms with E-state index >= 15 is 0 Å². The zero-order valence-corrected chi connectivity index (χ0v) is 17.0. The van der Waals surface area contributed by atoms with Gasteiger partial charge in [-0.3, -0.25) is 10.1 Å². The summed E-state index contributed by atoms with van der Waals surface area (Å²) in [6, 6.07) is 2.95. The fourth-order valence-electron chi connectivity index (χ4n) is 2.90. The van der Waals surface area contributed by atoms with Gasteiger partial charge in [0, 0.05) is 12.8 Å². The first-order valence-electron chi connectivity index (χ1n) is 8.21. The van der Waals surface area contributed by atoms with E-state index < -0.39 is 16.8 Å². The Morgan fingerprint density at radius 3 is 2.65 bits per heavy atom. The van der Waals surface area contributed by atoms with Crippen LogP contribution < -0.4 is 9.47 Å². The molecule has 8 heteroatoms. The predicted molar refractivity (Wildman–Crippen MR) is 105 cm³/mol. The van der Waals surface area contributed by atoms with Crippen LogP contribution in [0.5, 0.6) is 11.5 Å². The molecule has 0 spiro atoms. The monoisotopic (exact) mass is 475 g/mol. The predicted octanol–water partition coefficient (Wildman–Crippen LogP) is 4.02. The molecule has 2 unspecified atom stereocenters. The highest BCUT2D eigenvalue weighted by atomic mass is 127. The van der Waals surface area contributed by atoms with Crippen LogP contribution in [0.4, 0.5) is 5.69 Å². The van der Waals surface area contributed by atoms with E-state index in [-0.39, 0.29) is 12.3 Å². The van der Waals surface area contributed by atoms with Gasteiger partial charge in [0.25, 0.3) is 5.69 Å². The summed E-state index contributed by atoms with van der Waals surface area (Å²) < 4.78 is 23.1. The minimum Gasteiger partial charge on any atom is -0.493 e. The molecule has 1 saturated heterocycles. The number of nitro groups is 1. The van der Waals surface area contributed by atoms with Crippen LogP contribution in [0.25, 0.3) is 0 Å². The summed E-state index contributed by atoms with van der Waals surface area (Å²) in [6.07, 6.45) is 7.90. The molecule has 0 bridgehead atoms. The van der Waals surface area contributed by atoms with Crippen molar-refractivity contribution in [3.63, 3.8) is 0 Å². The summed E-state index contributed by atoms with van der Waals surface area (Å²) in [5.41, 5.74) is 0.343. The summed E-state index contributed by atoms with van der Waals surface area (Å²) in [7, 11) is 2.92. The van der Waals surface area contributed by atoms with Crippen LogP contribution in [0.2, 0.25) is 0 Å². The molecule has 26 heavy (non-hydrogen) atoms. The molecule has 1 heterocycles. The first kappa shape index (κ1) is 20.7. The zero-order valence-electron chi connectivity index (χ0n) is 14.8. The van der Waals surface area contributed by atoms with Crippen LogP contribution in [-0.4, -0.2) is 36.0 Å². The van der Waals surface area contributed by atoms with Gasteiger partial charge >= 0.3 is 0 Å². The Bertz CT molecular complexity index is 689. The van der Waals surface area contributed by atoms with Gasteiger partial charge in [-0.05, 0) is 18.9 Å². The number of alkyl halides is 1. The van der Waals surface area contributed by atoms with Gasteiger partial charge in [0.05, 0.1) is 41.8 Å². The highest BCUT2D eigenvalue weighted by Gasteiger charge is 2.43. The molecule has 1 aromatic carbocycles. The minimum atomic E-state index is -0.749. The first-order chi connectivity index (χ1) is 12.5. The van der Waals surface area contributed by atoms with Crippen molar-refractivity contribution in [3.8, 4) is 23.8 Å². The van der Waals surface area contributed by atoms with E-state index in [2.05, 4.69) is 28.5 Å². The summed E-state index contributed by atoms with van der Waals surface area (Å²) in [4.78, 5) is 11.1. The largest absolute Gasteiger partial charge is 0.493 e. The molecule has 1 fully saturated rings. The van der Waals surface area contributed by atoms with Gasteiger partial charge in [-0.2, -0.15) is 0 Å². The SMILES string of the molecule is C#CCCCCC1(CI)OCC(c2cc(OC)c(OC)cc2[N+](=O)[O-])O1. The maximum Gasteiger partial charge on any atom is 0.279 e. The topological polar surface area (TPSA) is 80.1 Å². The van der Waals surface area contributed by atoms with Crippen LogP contribution in [0.1, 0.15) is 37.4 Å². The highest BCUT2D eigenvalue weighted by molar-refractivity contribution is 14.1. The number of nitrogens with zero attached hydrogens (tertiary/aromatic N) is 1. The summed E-state index contributed by atoms with van der Waals surface area (Å²) in [5, 5.41) is 11.5. The van der Waals surface area contributed by atoms with Gasteiger partial charge in [-0.25, -0.2) is 0 Å². The normalized spacial score (nSPS) is 22.0. The number of methoxy groups -OCH3 is 2. The number of rotatable bonds is 9. The third kappa shape index (κ3) is 4.58. The van der Waals surface area contributed by atoms with E-state index in [1.54, 1.807) is 6.07 Å². The van der Waals surface area contributed by atoms with Crippen molar-refractivity contribution in [2.75, 3.05) is 25.3 Å². The quantitative estimate of drug-likeness (QED) is 0.134. The molecule has 1 aromatic rings. The molecule has 0 amide bonds. The van der Waals surface area contributed by atoms with Crippen LogP contribution in [0.3, 0.4) is 0 Å². The van der Waals surface area contributed by atoms with Crippen molar-refractivity contribution in [2.24, 2.45) is 0 Å². The molecule has 2 atom stereocenters. The van der Waals surface area contributed by atoms with Crippen LogP contribution in [0, 0.1) is 22.5 Å². The molecular weight excluding hydrogens is 453 g/mol. The van der Waals surface area contributed by atoms with E-state index in [4.69, 9.17) is 25.4 Å². The Kier molecular flexibility index (Phi) is 7.49. The van der Waals surface area contributed by atoms with Gasteiger partial charge in [0.2, 0.25) is 0 Å². The maximum atomic E-state index is 11.5. The molecule has 0 saturated carbocycles. The lowest BCUT2D eigenvalue weighted by Crippen LogP contribution is -2.32. The second-order valence-electron chi connectivity index (χ2n) is 5.90. The Morgan fingerprint density at radius 2 is 2.08 bits per heavy atom. The average molecular weight is 475 g/mol. The highest BCUT2D eigenvalue weighted by Crippen LogP contribution is 2.44. The van der Waals surface area contributed by atoms with Gasteiger partial charge in [0.15, 0.2) is 17.3 Å². The van der Waals surface area contributed by atoms with Crippen molar-refractivity contribution in [1.29, 1.82) is 0 Å². The molecule has 2 rings (SSSR count). The Morgan fingerprint density at radius 1 is 1.38 bits per heavy atom. The standard InChI is InChI=1S/C18H22INO6/c1-4-5-6-7-8-18(12-19)25-11-17(26-18)13-9-15(23-2)16(24-3)10-14(13)20(21)22/h1,9-10,17H,5-8,11-12H2,2-3H3. The van der Waals surface area contributed by atoms with Crippen molar-refractivity contribution in [3.05, 3.63) is 27.8 Å². The van der Waals surface area contributed by atoms with Gasteiger partial charge in [-0.1, -0.05) is 22.6 Å². The Hall–Kier alpha value is -1.57. The van der Waals surface area contributed by atoms with E-state index in [9.17, 15) is 10.1 Å². The maximum absolute atomic E-state index is 11.5. The molecule has 0 radical (unpaired) electrons. The van der Waals surface area contributed by atoms with Crippen molar-refractivity contribution in [1.82, 2.24) is 0 Å². The first-order valence-corrected chi connectivity index (χ1v) is 9.74. The fourth-order valence-corrected chi connectivity index (χ4v) is 3.68. The fraction of sp³-hybridized carbons (Fsp3) is 0.556. The van der Waals surface area contributed by atoms with Crippen molar-refractivity contribution < 1.29 is 23.9 Å². The number of unbranched alkanes of at least 4 members (excludes halogenated alkanes) is 2. The molecule has 0 aromatic heterocycles. The molecule has 1 aliphatic rings. The van der Waals surface area contributed by atoms with Crippen molar-refractivity contribution in [2.45, 2.75) is 37.6 Å². The molecular formula is C18H22INO6. The number of hydrogen-bond donors (Lipinski definition) is 0. The van der Waals surface area contributed by atoms with Crippen molar-refractivity contribution >= 4 is 28.3 Å². The van der Waals surface area contributed by atoms with E-state index in [0.717, 1.165) is 12.8 Å². The molecule has 7 nitrogen and oxygen atoms in total. The molecule has 0 aliphatic carbocycles. The second kappa shape index (κ2) is 9.39. The Balaban J connectivity index is 2.25.